The number of hydrogen-bond acceptors (Lipinski definition) is 5. The van der Waals surface area contributed by atoms with Gasteiger partial charge in [0.05, 0.1) is 18.9 Å². The van der Waals surface area contributed by atoms with Gasteiger partial charge in [-0.3, -0.25) is 14.5 Å². The number of hydrogen-bond donors (Lipinski definition) is 1. The van der Waals surface area contributed by atoms with Gasteiger partial charge in [-0.25, -0.2) is 8.42 Å². The zero-order valence-electron chi connectivity index (χ0n) is 19.3. The highest BCUT2D eigenvalue weighted by Crippen LogP contribution is 2.32. The van der Waals surface area contributed by atoms with Crippen molar-refractivity contribution in [3.05, 3.63) is 24.3 Å². The molecule has 8 nitrogen and oxygen atoms in total. The molecule has 1 aromatic rings. The van der Waals surface area contributed by atoms with Crippen molar-refractivity contribution in [2.75, 3.05) is 30.3 Å². The number of ether oxygens (including phenoxy) is 1. The first-order valence-corrected chi connectivity index (χ1v) is 13.2. The maximum Gasteiger partial charge on any atom is 0.247 e. The molecule has 178 valence electrons. The van der Waals surface area contributed by atoms with Crippen molar-refractivity contribution in [3.63, 3.8) is 0 Å². The Morgan fingerprint density at radius 1 is 1.16 bits per heavy atom. The molecule has 1 N–H and O–H groups in total. The van der Waals surface area contributed by atoms with E-state index in [1.54, 1.807) is 38.1 Å². The normalized spacial score (nSPS) is 23.2. The lowest BCUT2D eigenvalue weighted by atomic mass is 9.91. The highest BCUT2D eigenvalue weighted by Gasteiger charge is 2.51. The second-order valence-electron chi connectivity index (χ2n) is 8.82. The topological polar surface area (TPSA) is 96.0 Å². The van der Waals surface area contributed by atoms with E-state index in [2.05, 4.69) is 5.32 Å². The van der Waals surface area contributed by atoms with E-state index in [0.717, 1.165) is 32.1 Å². The summed E-state index contributed by atoms with van der Waals surface area (Å²) < 4.78 is 32.3. The van der Waals surface area contributed by atoms with Crippen LogP contribution in [0.4, 0.5) is 5.69 Å². The first kappa shape index (κ1) is 24.5. The van der Waals surface area contributed by atoms with Crippen molar-refractivity contribution in [1.29, 1.82) is 0 Å². The van der Waals surface area contributed by atoms with E-state index in [4.69, 9.17) is 4.74 Å². The SMILES string of the molecule is CCCS(=O)(=O)N1CC(=O)N(c2ccc(OCC)cc2)[C@@](C)(C(=O)NC2CCCCC2)C1. The Bertz CT molecular complexity index is 912. The fourth-order valence-electron chi connectivity index (χ4n) is 4.60. The number of amides is 2. The molecule has 32 heavy (non-hydrogen) atoms. The molecule has 1 aliphatic heterocycles. The number of benzene rings is 1. The van der Waals surface area contributed by atoms with Gasteiger partial charge in [0.25, 0.3) is 0 Å². The van der Waals surface area contributed by atoms with E-state index in [-0.39, 0.29) is 30.8 Å². The summed E-state index contributed by atoms with van der Waals surface area (Å²) in [6.07, 6.45) is 5.51. The van der Waals surface area contributed by atoms with Crippen molar-refractivity contribution in [3.8, 4) is 5.75 Å². The van der Waals surface area contributed by atoms with Crippen molar-refractivity contribution >= 4 is 27.5 Å². The predicted octanol–water partition coefficient (Wildman–Crippen LogP) is 2.68. The second kappa shape index (κ2) is 10.2. The maximum atomic E-state index is 13.6. The fraction of sp³-hybridized carbons (Fsp3) is 0.652. The van der Waals surface area contributed by atoms with Crippen LogP contribution in [0, 0.1) is 0 Å². The van der Waals surface area contributed by atoms with Gasteiger partial charge in [0.1, 0.15) is 11.3 Å². The smallest absolute Gasteiger partial charge is 0.247 e. The van der Waals surface area contributed by atoms with Gasteiger partial charge in [0, 0.05) is 18.3 Å². The molecular weight excluding hydrogens is 430 g/mol. The summed E-state index contributed by atoms with van der Waals surface area (Å²) in [5.41, 5.74) is -0.812. The molecule has 0 unspecified atom stereocenters. The van der Waals surface area contributed by atoms with Crippen LogP contribution >= 0.6 is 0 Å². The van der Waals surface area contributed by atoms with Crippen molar-refractivity contribution < 1.29 is 22.7 Å². The molecule has 1 aromatic carbocycles. The molecular formula is C23H35N3O5S. The van der Waals surface area contributed by atoms with Crippen LogP contribution in [0.2, 0.25) is 0 Å². The largest absolute Gasteiger partial charge is 0.494 e. The number of sulfonamides is 1. The highest BCUT2D eigenvalue weighted by molar-refractivity contribution is 7.89. The summed E-state index contributed by atoms with van der Waals surface area (Å²) in [7, 11) is -3.64. The zero-order chi connectivity index (χ0) is 23.4. The van der Waals surface area contributed by atoms with Crippen LogP contribution in [0.5, 0.6) is 5.75 Å². The van der Waals surface area contributed by atoms with Crippen LogP contribution in [0.3, 0.4) is 0 Å². The van der Waals surface area contributed by atoms with Crippen LogP contribution < -0.4 is 15.0 Å². The van der Waals surface area contributed by atoms with E-state index >= 15 is 0 Å². The van der Waals surface area contributed by atoms with Crippen LogP contribution in [-0.4, -0.2) is 61.6 Å². The quantitative estimate of drug-likeness (QED) is 0.637. The summed E-state index contributed by atoms with van der Waals surface area (Å²) in [6, 6.07) is 7.04. The second-order valence-corrected chi connectivity index (χ2v) is 10.9. The molecule has 1 aliphatic carbocycles. The third-order valence-electron chi connectivity index (χ3n) is 6.23. The standard InChI is InChI=1S/C23H35N3O5S/c1-4-15-32(29,30)25-16-21(27)26(19-11-13-20(14-12-19)31-5-2)23(3,17-25)22(28)24-18-9-7-6-8-10-18/h11-14,18H,4-10,15-17H2,1-3H3,(H,24,28)/t23-/m1/s1. The average Bonchev–Trinajstić information content (AvgIpc) is 2.75. The lowest BCUT2D eigenvalue weighted by Gasteiger charge is -2.47. The van der Waals surface area contributed by atoms with Gasteiger partial charge in [-0.05, 0) is 57.4 Å². The summed E-state index contributed by atoms with van der Waals surface area (Å²) in [6.45, 7) is 5.50. The van der Waals surface area contributed by atoms with Gasteiger partial charge in [-0.2, -0.15) is 4.31 Å². The molecule has 2 amide bonds. The molecule has 0 radical (unpaired) electrons. The van der Waals surface area contributed by atoms with Crippen LogP contribution in [0.1, 0.15) is 59.3 Å². The van der Waals surface area contributed by atoms with Gasteiger partial charge < -0.3 is 10.1 Å². The molecule has 1 saturated carbocycles. The van der Waals surface area contributed by atoms with Crippen molar-refractivity contribution in [2.45, 2.75) is 70.9 Å². The van der Waals surface area contributed by atoms with Crippen LogP contribution in [0.15, 0.2) is 24.3 Å². The number of carbonyl (C=O) groups is 2. The predicted molar refractivity (Wildman–Crippen MR) is 124 cm³/mol. The molecule has 0 bridgehead atoms. The first-order chi connectivity index (χ1) is 15.2. The Balaban J connectivity index is 1.95. The summed E-state index contributed by atoms with van der Waals surface area (Å²) >= 11 is 0. The number of carbonyl (C=O) groups excluding carboxylic acids is 2. The highest BCUT2D eigenvalue weighted by atomic mass is 32.2. The van der Waals surface area contributed by atoms with E-state index in [0.29, 0.717) is 24.5 Å². The van der Waals surface area contributed by atoms with Gasteiger partial charge in [0.2, 0.25) is 21.8 Å². The van der Waals surface area contributed by atoms with Crippen LogP contribution in [0.25, 0.3) is 0 Å². The average molecular weight is 466 g/mol. The third kappa shape index (κ3) is 5.26. The van der Waals surface area contributed by atoms with E-state index in [1.165, 1.54) is 9.21 Å². The molecule has 1 heterocycles. The summed E-state index contributed by atoms with van der Waals surface area (Å²) in [4.78, 5) is 28.3. The van der Waals surface area contributed by atoms with Crippen molar-refractivity contribution in [2.24, 2.45) is 0 Å². The van der Waals surface area contributed by atoms with Crippen LogP contribution in [-0.2, 0) is 19.6 Å². The molecule has 3 rings (SSSR count). The minimum Gasteiger partial charge on any atom is -0.494 e. The van der Waals surface area contributed by atoms with Gasteiger partial charge in [0.15, 0.2) is 0 Å². The van der Waals surface area contributed by atoms with E-state index in [9.17, 15) is 18.0 Å². The Hall–Kier alpha value is -2.13. The fourth-order valence-corrected chi connectivity index (χ4v) is 6.13. The monoisotopic (exact) mass is 465 g/mol. The van der Waals surface area contributed by atoms with E-state index < -0.39 is 21.5 Å². The molecule has 9 heteroatoms. The summed E-state index contributed by atoms with van der Waals surface area (Å²) in [5, 5.41) is 3.11. The number of nitrogens with one attached hydrogen (secondary N) is 1. The molecule has 0 spiro atoms. The van der Waals surface area contributed by atoms with Gasteiger partial charge >= 0.3 is 0 Å². The lowest BCUT2D eigenvalue weighted by molar-refractivity contribution is -0.133. The lowest BCUT2D eigenvalue weighted by Crippen LogP contribution is -2.71. The first-order valence-electron chi connectivity index (χ1n) is 11.6. The van der Waals surface area contributed by atoms with Gasteiger partial charge in [-0.15, -0.1) is 0 Å². The molecule has 1 atom stereocenters. The summed E-state index contributed by atoms with van der Waals surface area (Å²) in [5.74, 6) is -0.116. The minimum absolute atomic E-state index is 0.0491. The molecule has 2 aliphatic rings. The van der Waals surface area contributed by atoms with E-state index in [1.807, 2.05) is 6.92 Å². The minimum atomic E-state index is -3.64. The molecule has 2 fully saturated rings. The third-order valence-corrected chi connectivity index (χ3v) is 8.20. The maximum absolute atomic E-state index is 13.6. The number of anilines is 1. The Kier molecular flexibility index (Phi) is 7.82. The Morgan fingerprint density at radius 2 is 1.81 bits per heavy atom. The van der Waals surface area contributed by atoms with Gasteiger partial charge in [-0.1, -0.05) is 26.2 Å². The Morgan fingerprint density at radius 3 is 2.41 bits per heavy atom. The number of rotatable bonds is 8. The molecule has 1 saturated heterocycles. The molecule has 0 aromatic heterocycles. The number of nitrogens with zero attached hydrogens (tertiary/aromatic N) is 2. The zero-order valence-corrected chi connectivity index (χ0v) is 20.1. The Labute approximate surface area is 191 Å². The number of piperazine rings is 1. The van der Waals surface area contributed by atoms with Crippen molar-refractivity contribution in [1.82, 2.24) is 9.62 Å².